The number of Topliss-reactive ketones (excluding diaryl/α,β-unsaturated/α-hetero) is 1. The molecule has 1 unspecified atom stereocenters. The number of aryl methyl sites for hydroxylation is 2. The largest absolute Gasteiger partial charge is 0.542 e. The number of aromatic nitrogens is 3. The van der Waals surface area contributed by atoms with Gasteiger partial charge in [0.2, 0.25) is 11.6 Å². The third-order valence-corrected chi connectivity index (χ3v) is 7.01. The van der Waals surface area contributed by atoms with Crippen molar-refractivity contribution in [1.82, 2.24) is 9.97 Å². The molecule has 0 saturated carbocycles. The number of hydrogen-bond acceptors (Lipinski definition) is 6. The van der Waals surface area contributed by atoms with Gasteiger partial charge in [-0.05, 0) is 67.4 Å². The molecule has 0 bridgehead atoms. The highest BCUT2D eigenvalue weighted by Gasteiger charge is 2.29. The van der Waals surface area contributed by atoms with Gasteiger partial charge in [-0.2, -0.15) is 13.2 Å². The molecular weight excluding hydrogens is 580 g/mol. The van der Waals surface area contributed by atoms with Gasteiger partial charge in [-0.25, -0.2) is 4.98 Å². The van der Waals surface area contributed by atoms with E-state index in [1.54, 1.807) is 24.3 Å². The smallest absolute Gasteiger partial charge is 0.430 e. The van der Waals surface area contributed by atoms with Gasteiger partial charge in [0, 0.05) is 40.6 Å². The Bertz CT molecular complexity index is 1600. The molecule has 7 nitrogen and oxygen atoms in total. The average Bonchev–Trinajstić information content (AvgIpc) is 2.92. The fourth-order valence-corrected chi connectivity index (χ4v) is 4.86. The van der Waals surface area contributed by atoms with Crippen molar-refractivity contribution in [2.24, 2.45) is 0 Å². The van der Waals surface area contributed by atoms with Crippen LogP contribution in [0.3, 0.4) is 0 Å². The Kier molecular flexibility index (Phi) is 9.14. The third kappa shape index (κ3) is 7.31. The molecule has 5 rings (SSSR count). The van der Waals surface area contributed by atoms with Crippen molar-refractivity contribution in [1.29, 1.82) is 0 Å². The number of alkyl halides is 3. The highest BCUT2D eigenvalue weighted by molar-refractivity contribution is 6.31. The van der Waals surface area contributed by atoms with E-state index in [0.717, 1.165) is 59.0 Å². The molecule has 0 fully saturated rings. The summed E-state index contributed by atoms with van der Waals surface area (Å²) in [5.74, 6) is -1.08. The maximum Gasteiger partial charge on any atom is 0.430 e. The number of ketones is 1. The van der Waals surface area contributed by atoms with Crippen LogP contribution in [-0.2, 0) is 11.2 Å². The number of rotatable bonds is 5. The quantitative estimate of drug-likeness (QED) is 0.266. The highest BCUT2D eigenvalue weighted by Crippen LogP contribution is 2.35. The van der Waals surface area contributed by atoms with Crippen LogP contribution in [-0.4, -0.2) is 34.4 Å². The van der Waals surface area contributed by atoms with Crippen LogP contribution >= 0.6 is 23.2 Å². The van der Waals surface area contributed by atoms with E-state index < -0.39 is 12.1 Å². The van der Waals surface area contributed by atoms with Crippen LogP contribution in [0.1, 0.15) is 53.3 Å². The summed E-state index contributed by atoms with van der Waals surface area (Å²) in [4.78, 5) is 36.9. The number of hydrogen-bond donors (Lipinski definition) is 0. The number of carboxylic acids is 1. The number of anilines is 2. The molecule has 1 aliphatic rings. The highest BCUT2D eigenvalue weighted by atomic mass is 35.5. The Morgan fingerprint density at radius 2 is 1.71 bits per heavy atom. The van der Waals surface area contributed by atoms with Gasteiger partial charge in [0.05, 0.1) is 17.6 Å². The number of pyridine rings is 1. The van der Waals surface area contributed by atoms with E-state index in [1.807, 2.05) is 31.2 Å². The van der Waals surface area contributed by atoms with Crippen LogP contribution in [0.4, 0.5) is 24.7 Å². The van der Waals surface area contributed by atoms with E-state index in [-0.39, 0.29) is 11.7 Å². The van der Waals surface area contributed by atoms with Crippen molar-refractivity contribution >= 4 is 57.4 Å². The monoisotopic (exact) mass is 604 g/mol. The first-order valence-corrected chi connectivity index (χ1v) is 13.4. The Balaban J connectivity index is 0.000000493. The minimum atomic E-state index is -5.19. The van der Waals surface area contributed by atoms with Crippen LogP contribution in [0, 0.1) is 6.92 Å². The van der Waals surface area contributed by atoms with Crippen molar-refractivity contribution in [3.05, 3.63) is 87.4 Å². The van der Waals surface area contributed by atoms with Crippen molar-refractivity contribution in [3.63, 3.8) is 0 Å². The van der Waals surface area contributed by atoms with Gasteiger partial charge in [-0.3, -0.25) is 14.7 Å². The van der Waals surface area contributed by atoms with E-state index in [1.165, 1.54) is 0 Å². The predicted molar refractivity (Wildman–Crippen MR) is 147 cm³/mol. The van der Waals surface area contributed by atoms with Gasteiger partial charge in [0.1, 0.15) is 11.7 Å². The second kappa shape index (κ2) is 12.4. The molecule has 4 aromatic rings. The molecule has 214 valence electrons. The van der Waals surface area contributed by atoms with Crippen LogP contribution in [0.5, 0.6) is 0 Å². The summed E-state index contributed by atoms with van der Waals surface area (Å²) >= 11 is 12.3. The summed E-state index contributed by atoms with van der Waals surface area (Å²) < 4.78 is 31.5. The first-order valence-electron chi connectivity index (χ1n) is 12.7. The summed E-state index contributed by atoms with van der Waals surface area (Å²) in [7, 11) is 0. The number of nitrogens with zero attached hydrogens (tertiary/aromatic N) is 3. The van der Waals surface area contributed by atoms with Gasteiger partial charge in [-0.15, -0.1) is 4.98 Å². The fourth-order valence-electron chi connectivity index (χ4n) is 4.56. The number of nitrogens with one attached hydrogen (secondary N) is 1. The lowest BCUT2D eigenvalue weighted by molar-refractivity contribution is -0.376. The number of carbonyl (C=O) groups excluding carboxylic acids is 2. The molecule has 2 aromatic carbocycles. The summed E-state index contributed by atoms with van der Waals surface area (Å²) in [6.45, 7) is 4.89. The second-order valence-electron chi connectivity index (χ2n) is 9.61. The Morgan fingerprint density at radius 3 is 2.37 bits per heavy atom. The number of carboxylic acid groups (broad SMARTS) is 1. The number of benzene rings is 2. The van der Waals surface area contributed by atoms with E-state index in [9.17, 15) is 18.0 Å². The van der Waals surface area contributed by atoms with Gasteiger partial charge in [0.25, 0.3) is 0 Å². The first kappa shape index (κ1) is 30.2. The Hall–Kier alpha value is -3.76. The molecule has 1 atom stereocenters. The maximum absolute atomic E-state index is 12.7. The zero-order valence-corrected chi connectivity index (χ0v) is 23.6. The minimum Gasteiger partial charge on any atom is -0.542 e. The Morgan fingerprint density at radius 1 is 1.05 bits per heavy atom. The minimum absolute atomic E-state index is 0.0122. The molecule has 3 heterocycles. The molecule has 0 radical (unpaired) electrons. The van der Waals surface area contributed by atoms with Crippen LogP contribution in [0.2, 0.25) is 10.0 Å². The van der Waals surface area contributed by atoms with Gasteiger partial charge in [0.15, 0.2) is 11.3 Å². The second-order valence-corrected chi connectivity index (χ2v) is 10.5. The molecule has 2 aromatic heterocycles. The number of H-pyrrole nitrogens is 1. The summed E-state index contributed by atoms with van der Waals surface area (Å²) in [5.41, 5.74) is 4.64. The molecule has 1 N–H and O–H groups in total. The lowest BCUT2D eigenvalue weighted by Crippen LogP contribution is -2.37. The molecule has 0 saturated heterocycles. The SMILES string of the molecule is Cc1nc2ccc(Cl)cc2c(N2CCCc3nc(C(C)CC(=O)c4ccc(Cl)cc4)ccc32)[nH+]1.O=C([O-])C(F)(F)F. The third-order valence-electron chi connectivity index (χ3n) is 6.52. The number of aromatic amines is 1. The van der Waals surface area contributed by atoms with E-state index >= 15 is 0 Å². The maximum atomic E-state index is 12.7. The van der Waals surface area contributed by atoms with Gasteiger partial charge in [-0.1, -0.05) is 30.1 Å². The van der Waals surface area contributed by atoms with Crippen molar-refractivity contribution in [3.8, 4) is 0 Å². The zero-order valence-electron chi connectivity index (χ0n) is 22.1. The van der Waals surface area contributed by atoms with Crippen LogP contribution in [0.25, 0.3) is 10.9 Å². The molecule has 0 aliphatic carbocycles. The number of fused-ring (bicyclic) bond motifs is 2. The fraction of sp³-hybridized carbons (Fsp3) is 0.276. The summed E-state index contributed by atoms with van der Waals surface area (Å²) in [6, 6.07) is 17.0. The Labute approximate surface area is 244 Å². The molecule has 0 amide bonds. The summed E-state index contributed by atoms with van der Waals surface area (Å²) in [5, 5.41) is 11.1. The van der Waals surface area contributed by atoms with Crippen LogP contribution < -0.4 is 15.0 Å². The number of carbonyl (C=O) groups is 2. The van der Waals surface area contributed by atoms with E-state index in [2.05, 4.69) is 27.9 Å². The lowest BCUT2D eigenvalue weighted by Gasteiger charge is -2.27. The topological polar surface area (TPSA) is 100 Å². The number of halogens is 5. The summed E-state index contributed by atoms with van der Waals surface area (Å²) in [6.07, 6.45) is -2.91. The molecule has 1 aliphatic heterocycles. The molecule has 12 heteroatoms. The molecule has 41 heavy (non-hydrogen) atoms. The van der Waals surface area contributed by atoms with Crippen molar-refractivity contribution in [2.75, 3.05) is 11.4 Å². The van der Waals surface area contributed by atoms with E-state index in [0.29, 0.717) is 22.0 Å². The van der Waals surface area contributed by atoms with Gasteiger partial charge >= 0.3 is 6.18 Å². The average molecular weight is 605 g/mol. The predicted octanol–water partition coefficient (Wildman–Crippen LogP) is 5.82. The van der Waals surface area contributed by atoms with Crippen LogP contribution in [0.15, 0.2) is 54.6 Å². The molecule has 0 spiro atoms. The zero-order chi connectivity index (χ0) is 29.9. The van der Waals surface area contributed by atoms with Gasteiger partial charge < -0.3 is 9.90 Å². The first-order chi connectivity index (χ1) is 19.3. The standard InChI is InChI=1S/C27H24Cl2N4O.C2HF3O2/c1-16(14-26(34)18-5-7-19(28)8-6-18)22-11-12-25-24(32-22)4-3-13-33(25)27-21-15-20(29)9-10-23(21)30-17(2)31-27;3-2(4,5)1(6)7/h5-12,15-16H,3-4,13-14H2,1-2H3;(H,6,7). The van der Waals surface area contributed by atoms with Crippen molar-refractivity contribution in [2.45, 2.75) is 45.2 Å². The lowest BCUT2D eigenvalue weighted by atomic mass is 9.95. The molecular formula is C29H25Cl2F3N4O3. The van der Waals surface area contributed by atoms with E-state index in [4.69, 9.17) is 38.1 Å². The number of aliphatic carboxylic acids is 1. The normalized spacial score (nSPS) is 13.7. The van der Waals surface area contributed by atoms with Crippen molar-refractivity contribution < 1.29 is 32.9 Å².